The van der Waals surface area contributed by atoms with Gasteiger partial charge in [0.25, 0.3) is 5.91 Å². The van der Waals surface area contributed by atoms with Gasteiger partial charge in [0.15, 0.2) is 5.13 Å². The van der Waals surface area contributed by atoms with Crippen molar-refractivity contribution in [3.8, 4) is 0 Å². The zero-order valence-electron chi connectivity index (χ0n) is 15.7. The first-order valence-electron chi connectivity index (χ1n) is 8.75. The molecule has 0 fully saturated rings. The number of carbonyl (C=O) groups is 2. The van der Waals surface area contributed by atoms with Crippen molar-refractivity contribution in [2.24, 2.45) is 0 Å². The molecular weight excluding hydrogens is 352 g/mol. The summed E-state index contributed by atoms with van der Waals surface area (Å²) in [6.45, 7) is 10.6. The Balaban J connectivity index is 1.83. The average Bonchev–Trinajstić information content (AvgIpc) is 3.23. The first kappa shape index (κ1) is 20.1. The van der Waals surface area contributed by atoms with Crippen molar-refractivity contribution in [2.45, 2.75) is 40.2 Å². The van der Waals surface area contributed by atoms with E-state index in [9.17, 15) is 9.59 Å². The summed E-state index contributed by atoms with van der Waals surface area (Å²) in [6, 6.07) is 1.90. The van der Waals surface area contributed by atoms with Crippen LogP contribution in [-0.4, -0.2) is 47.4 Å². The molecule has 2 aromatic rings. The number of hydrogen-bond acceptors (Lipinski definition) is 6. The summed E-state index contributed by atoms with van der Waals surface area (Å²) in [5.41, 5.74) is 1.12. The van der Waals surface area contributed by atoms with Crippen LogP contribution in [0, 0.1) is 6.92 Å². The van der Waals surface area contributed by atoms with Crippen molar-refractivity contribution in [3.63, 3.8) is 0 Å². The first-order chi connectivity index (χ1) is 12.4. The van der Waals surface area contributed by atoms with Crippen LogP contribution in [0.2, 0.25) is 0 Å². The molecule has 2 heterocycles. The Hall–Kier alpha value is -2.19. The van der Waals surface area contributed by atoms with Crippen LogP contribution in [0.4, 0.5) is 5.13 Å². The van der Waals surface area contributed by atoms with E-state index in [-0.39, 0.29) is 24.3 Å². The second-order valence-electron chi connectivity index (χ2n) is 6.04. The van der Waals surface area contributed by atoms with Crippen molar-refractivity contribution in [2.75, 3.05) is 25.0 Å². The van der Waals surface area contributed by atoms with Crippen molar-refractivity contribution >= 4 is 28.3 Å². The number of amides is 2. The van der Waals surface area contributed by atoms with Gasteiger partial charge in [-0.05, 0) is 33.0 Å². The minimum atomic E-state index is -0.269. The Labute approximate surface area is 157 Å². The van der Waals surface area contributed by atoms with Crippen molar-refractivity contribution in [1.29, 1.82) is 0 Å². The Kier molecular flexibility index (Phi) is 7.35. The van der Waals surface area contributed by atoms with Crippen LogP contribution in [0.15, 0.2) is 22.1 Å². The van der Waals surface area contributed by atoms with Crippen molar-refractivity contribution < 1.29 is 14.0 Å². The fourth-order valence-electron chi connectivity index (χ4n) is 2.70. The molecule has 2 rings (SSSR count). The maximum atomic E-state index is 12.1. The SMILES string of the molecule is CCN(CC)C(C)CNC(=O)Cc1csc(NC(=O)c2ccoc2C)n1. The summed E-state index contributed by atoms with van der Waals surface area (Å²) in [5.74, 6) is 0.216. The maximum absolute atomic E-state index is 12.1. The van der Waals surface area contributed by atoms with Gasteiger partial charge in [0.1, 0.15) is 5.76 Å². The van der Waals surface area contributed by atoms with Crippen LogP contribution in [0.3, 0.4) is 0 Å². The fourth-order valence-corrected chi connectivity index (χ4v) is 3.40. The molecule has 1 unspecified atom stereocenters. The number of aromatic nitrogens is 1. The number of carbonyl (C=O) groups excluding carboxylic acids is 2. The maximum Gasteiger partial charge on any atom is 0.260 e. The van der Waals surface area contributed by atoms with Crippen LogP contribution in [0.5, 0.6) is 0 Å². The molecule has 7 nitrogen and oxygen atoms in total. The van der Waals surface area contributed by atoms with Gasteiger partial charge < -0.3 is 9.73 Å². The predicted octanol–water partition coefficient (Wildman–Crippen LogP) is 2.69. The molecule has 2 N–H and O–H groups in total. The lowest BCUT2D eigenvalue weighted by molar-refractivity contribution is -0.120. The molecule has 0 saturated carbocycles. The van der Waals surface area contributed by atoms with Gasteiger partial charge >= 0.3 is 0 Å². The molecule has 142 valence electrons. The number of rotatable bonds is 9. The Morgan fingerprint density at radius 2 is 2.08 bits per heavy atom. The van der Waals surface area contributed by atoms with Gasteiger partial charge in [-0.1, -0.05) is 13.8 Å². The highest BCUT2D eigenvalue weighted by Crippen LogP contribution is 2.18. The third kappa shape index (κ3) is 5.40. The molecular formula is C18H26N4O3S. The minimum Gasteiger partial charge on any atom is -0.469 e. The lowest BCUT2D eigenvalue weighted by atomic mass is 10.2. The standard InChI is InChI=1S/C18H26N4O3S/c1-5-22(6-2)12(3)10-19-16(23)9-14-11-26-18(20-14)21-17(24)15-7-8-25-13(15)4/h7-8,11-12H,5-6,9-10H2,1-4H3,(H,19,23)(H,20,21,24). The van der Waals surface area contributed by atoms with Crippen molar-refractivity contribution in [1.82, 2.24) is 15.2 Å². The highest BCUT2D eigenvalue weighted by Gasteiger charge is 2.15. The minimum absolute atomic E-state index is 0.0714. The third-order valence-electron chi connectivity index (χ3n) is 4.25. The van der Waals surface area contributed by atoms with Crippen LogP contribution < -0.4 is 10.6 Å². The van der Waals surface area contributed by atoms with Crippen LogP contribution >= 0.6 is 11.3 Å². The van der Waals surface area contributed by atoms with Crippen LogP contribution in [0.1, 0.15) is 42.6 Å². The summed E-state index contributed by atoms with van der Waals surface area (Å²) in [4.78, 5) is 30.8. The van der Waals surface area contributed by atoms with E-state index in [2.05, 4.69) is 41.3 Å². The number of thiazole rings is 1. The summed E-state index contributed by atoms with van der Waals surface area (Å²) < 4.78 is 5.13. The molecule has 0 aliphatic heterocycles. The highest BCUT2D eigenvalue weighted by atomic mass is 32.1. The second-order valence-corrected chi connectivity index (χ2v) is 6.90. The largest absolute Gasteiger partial charge is 0.469 e. The molecule has 0 bridgehead atoms. The van der Waals surface area contributed by atoms with Gasteiger partial charge in [0, 0.05) is 18.0 Å². The van der Waals surface area contributed by atoms with E-state index in [1.165, 1.54) is 17.6 Å². The van der Waals surface area contributed by atoms with E-state index in [1.807, 2.05) is 0 Å². The molecule has 2 aromatic heterocycles. The third-order valence-corrected chi connectivity index (χ3v) is 5.05. The molecule has 0 saturated heterocycles. The number of likely N-dealkylation sites (N-methyl/N-ethyl adjacent to an activating group) is 1. The summed E-state index contributed by atoms with van der Waals surface area (Å²) >= 11 is 1.30. The van der Waals surface area contributed by atoms with Gasteiger partial charge in [-0.25, -0.2) is 4.98 Å². The monoisotopic (exact) mass is 378 g/mol. The van der Waals surface area contributed by atoms with E-state index in [0.29, 0.717) is 28.7 Å². The van der Waals surface area contributed by atoms with Gasteiger partial charge in [-0.2, -0.15) is 0 Å². The Morgan fingerprint density at radius 1 is 1.35 bits per heavy atom. The fraction of sp³-hybridized carbons (Fsp3) is 0.500. The van der Waals surface area contributed by atoms with E-state index < -0.39 is 0 Å². The summed E-state index contributed by atoms with van der Waals surface area (Å²) in [6.07, 6.45) is 1.67. The van der Waals surface area contributed by atoms with Crippen LogP contribution in [0.25, 0.3) is 0 Å². The van der Waals surface area contributed by atoms with E-state index in [4.69, 9.17) is 4.42 Å². The molecule has 8 heteroatoms. The Morgan fingerprint density at radius 3 is 2.69 bits per heavy atom. The Bertz CT molecular complexity index is 736. The summed E-state index contributed by atoms with van der Waals surface area (Å²) in [7, 11) is 0. The molecule has 0 spiro atoms. The molecule has 2 amide bonds. The highest BCUT2D eigenvalue weighted by molar-refractivity contribution is 7.14. The number of furan rings is 1. The van der Waals surface area contributed by atoms with Gasteiger partial charge in [-0.15, -0.1) is 11.3 Å². The topological polar surface area (TPSA) is 87.5 Å². The van der Waals surface area contributed by atoms with Gasteiger partial charge in [0.2, 0.25) is 5.91 Å². The average molecular weight is 378 g/mol. The molecule has 26 heavy (non-hydrogen) atoms. The lowest BCUT2D eigenvalue weighted by Gasteiger charge is -2.26. The smallest absolute Gasteiger partial charge is 0.260 e. The first-order valence-corrected chi connectivity index (χ1v) is 9.63. The van der Waals surface area contributed by atoms with E-state index in [0.717, 1.165) is 13.1 Å². The molecule has 1 atom stereocenters. The molecule has 0 aliphatic rings. The molecule has 0 aliphatic carbocycles. The number of hydrogen-bond donors (Lipinski definition) is 2. The van der Waals surface area contributed by atoms with Crippen molar-refractivity contribution in [3.05, 3.63) is 34.7 Å². The molecule has 0 aromatic carbocycles. The number of aryl methyl sites for hydroxylation is 1. The van der Waals surface area contributed by atoms with E-state index >= 15 is 0 Å². The normalized spacial score (nSPS) is 12.2. The van der Waals surface area contributed by atoms with E-state index in [1.54, 1.807) is 18.4 Å². The molecule has 0 radical (unpaired) electrons. The van der Waals surface area contributed by atoms with Crippen LogP contribution in [-0.2, 0) is 11.2 Å². The summed E-state index contributed by atoms with van der Waals surface area (Å²) in [5, 5.41) is 7.92. The zero-order chi connectivity index (χ0) is 19.1. The predicted molar refractivity (Wildman–Crippen MR) is 103 cm³/mol. The lowest BCUT2D eigenvalue weighted by Crippen LogP contribution is -2.42. The number of anilines is 1. The second kappa shape index (κ2) is 9.49. The zero-order valence-corrected chi connectivity index (χ0v) is 16.5. The van der Waals surface area contributed by atoms with Gasteiger partial charge in [-0.3, -0.25) is 19.8 Å². The van der Waals surface area contributed by atoms with Gasteiger partial charge in [0.05, 0.1) is 23.9 Å². The number of nitrogens with zero attached hydrogens (tertiary/aromatic N) is 2. The number of nitrogens with one attached hydrogen (secondary N) is 2. The quantitative estimate of drug-likeness (QED) is 0.700.